The normalized spacial score (nSPS) is 11.5. The predicted octanol–water partition coefficient (Wildman–Crippen LogP) is 5.61. The number of carbonyl (C=O) groups excluding carboxylic acids is 1. The molecule has 0 unspecified atom stereocenters. The first-order chi connectivity index (χ1) is 11.3. The van der Waals surface area contributed by atoms with Crippen LogP contribution in [0.3, 0.4) is 0 Å². The molecule has 0 aliphatic carbocycles. The van der Waals surface area contributed by atoms with E-state index in [9.17, 15) is 18.0 Å². The third kappa shape index (κ3) is 3.40. The molecule has 5 heteroatoms. The molecular weight excluding hydrogens is 317 g/mol. The number of ether oxygens (including phenoxy) is 1. The Morgan fingerprint density at radius 3 is 2.25 bits per heavy atom. The van der Waals surface area contributed by atoms with Gasteiger partial charge in [0.1, 0.15) is 5.75 Å². The van der Waals surface area contributed by atoms with Crippen LogP contribution in [-0.4, -0.2) is 12.1 Å². The number of rotatable bonds is 3. The van der Waals surface area contributed by atoms with Crippen molar-refractivity contribution in [2.75, 3.05) is 0 Å². The Kier molecular flexibility index (Phi) is 4.01. The molecule has 0 atom stereocenters. The molecule has 3 aromatic rings. The first kappa shape index (κ1) is 16.1. The summed E-state index contributed by atoms with van der Waals surface area (Å²) in [5.41, 5.74) is 2.06. The SMILES string of the molecule is CC(=O)c1cc(-c2ccc(OC(F)(F)F)cc2)c2ccccc2c1. The van der Waals surface area contributed by atoms with Crippen LogP contribution >= 0.6 is 0 Å². The van der Waals surface area contributed by atoms with Crippen molar-refractivity contribution in [1.82, 2.24) is 0 Å². The average Bonchev–Trinajstić information content (AvgIpc) is 2.53. The molecule has 0 amide bonds. The lowest BCUT2D eigenvalue weighted by atomic mass is 9.94. The lowest BCUT2D eigenvalue weighted by molar-refractivity contribution is -0.274. The number of Topliss-reactive ketones (excluding diaryl/α,β-unsaturated/α-hetero) is 1. The molecule has 0 heterocycles. The van der Waals surface area contributed by atoms with Gasteiger partial charge in [-0.1, -0.05) is 36.4 Å². The number of halogens is 3. The van der Waals surface area contributed by atoms with E-state index in [0.717, 1.165) is 16.3 Å². The van der Waals surface area contributed by atoms with Crippen molar-refractivity contribution >= 4 is 16.6 Å². The van der Waals surface area contributed by atoms with Crippen LogP contribution in [0.2, 0.25) is 0 Å². The molecule has 0 aliphatic rings. The van der Waals surface area contributed by atoms with Crippen LogP contribution in [0.5, 0.6) is 5.75 Å². The van der Waals surface area contributed by atoms with Crippen molar-refractivity contribution in [3.63, 3.8) is 0 Å². The van der Waals surface area contributed by atoms with Crippen LogP contribution in [0.1, 0.15) is 17.3 Å². The number of alkyl halides is 3. The minimum atomic E-state index is -4.72. The van der Waals surface area contributed by atoms with E-state index in [-0.39, 0.29) is 11.5 Å². The van der Waals surface area contributed by atoms with Gasteiger partial charge in [-0.25, -0.2) is 0 Å². The summed E-state index contributed by atoms with van der Waals surface area (Å²) in [7, 11) is 0. The molecule has 122 valence electrons. The Labute approximate surface area is 136 Å². The molecule has 0 aliphatic heterocycles. The van der Waals surface area contributed by atoms with Gasteiger partial charge in [0.2, 0.25) is 0 Å². The minimum Gasteiger partial charge on any atom is -0.406 e. The highest BCUT2D eigenvalue weighted by atomic mass is 19.4. The van der Waals surface area contributed by atoms with Crippen molar-refractivity contribution in [2.24, 2.45) is 0 Å². The second-order valence-electron chi connectivity index (χ2n) is 5.37. The quantitative estimate of drug-likeness (QED) is 0.584. The lowest BCUT2D eigenvalue weighted by Crippen LogP contribution is -2.16. The highest BCUT2D eigenvalue weighted by molar-refractivity contribution is 6.04. The zero-order chi connectivity index (χ0) is 17.3. The molecule has 0 spiro atoms. The van der Waals surface area contributed by atoms with Gasteiger partial charge < -0.3 is 4.74 Å². The van der Waals surface area contributed by atoms with Gasteiger partial charge in [0.15, 0.2) is 5.78 Å². The van der Waals surface area contributed by atoms with E-state index in [1.165, 1.54) is 19.1 Å². The number of hydrogen-bond acceptors (Lipinski definition) is 2. The summed E-state index contributed by atoms with van der Waals surface area (Å²) in [5.74, 6) is -0.350. The molecule has 3 aromatic carbocycles. The van der Waals surface area contributed by atoms with Crippen LogP contribution in [0, 0.1) is 0 Å². The molecule has 0 radical (unpaired) electrons. The lowest BCUT2D eigenvalue weighted by Gasteiger charge is -2.12. The zero-order valence-electron chi connectivity index (χ0n) is 12.7. The number of carbonyl (C=O) groups is 1. The van der Waals surface area contributed by atoms with Gasteiger partial charge in [0.05, 0.1) is 0 Å². The highest BCUT2D eigenvalue weighted by Crippen LogP contribution is 2.32. The summed E-state index contributed by atoms with van der Waals surface area (Å²) in [6.07, 6.45) is -4.72. The van der Waals surface area contributed by atoms with E-state index >= 15 is 0 Å². The van der Waals surface area contributed by atoms with Crippen molar-refractivity contribution < 1.29 is 22.7 Å². The standard InChI is InChI=1S/C19H13F3O2/c1-12(23)15-10-14-4-2-3-5-17(14)18(11-15)13-6-8-16(9-7-13)24-19(20,21)22/h2-11H,1H3. The first-order valence-electron chi connectivity index (χ1n) is 7.23. The molecule has 0 N–H and O–H groups in total. The summed E-state index contributed by atoms with van der Waals surface area (Å²) in [6.45, 7) is 1.48. The highest BCUT2D eigenvalue weighted by Gasteiger charge is 2.30. The molecule has 3 rings (SSSR count). The van der Waals surface area contributed by atoms with Gasteiger partial charge in [-0.15, -0.1) is 13.2 Å². The van der Waals surface area contributed by atoms with Gasteiger partial charge in [0, 0.05) is 5.56 Å². The monoisotopic (exact) mass is 330 g/mol. The second kappa shape index (κ2) is 6.00. The van der Waals surface area contributed by atoms with Crippen molar-refractivity contribution in [2.45, 2.75) is 13.3 Å². The molecule has 2 nitrogen and oxygen atoms in total. The van der Waals surface area contributed by atoms with Crippen LogP contribution in [0.25, 0.3) is 21.9 Å². The van der Waals surface area contributed by atoms with Gasteiger partial charge in [-0.3, -0.25) is 4.79 Å². The van der Waals surface area contributed by atoms with Gasteiger partial charge in [-0.2, -0.15) is 0 Å². The van der Waals surface area contributed by atoms with E-state index in [2.05, 4.69) is 4.74 Å². The smallest absolute Gasteiger partial charge is 0.406 e. The summed E-state index contributed by atoms with van der Waals surface area (Å²) in [4.78, 5) is 11.7. The van der Waals surface area contributed by atoms with Crippen molar-refractivity contribution in [3.8, 4) is 16.9 Å². The molecule has 0 fully saturated rings. The van der Waals surface area contributed by atoms with E-state index in [4.69, 9.17) is 0 Å². The second-order valence-corrected chi connectivity index (χ2v) is 5.37. The van der Waals surface area contributed by atoms with E-state index in [0.29, 0.717) is 11.1 Å². The van der Waals surface area contributed by atoms with Gasteiger partial charge in [0.25, 0.3) is 0 Å². The molecule has 0 saturated carbocycles. The Balaban J connectivity index is 2.10. The van der Waals surface area contributed by atoms with Crippen LogP contribution in [0.4, 0.5) is 13.2 Å². The Hall–Kier alpha value is -2.82. The zero-order valence-corrected chi connectivity index (χ0v) is 12.7. The van der Waals surface area contributed by atoms with Crippen LogP contribution in [-0.2, 0) is 0 Å². The molecule has 24 heavy (non-hydrogen) atoms. The Morgan fingerprint density at radius 2 is 1.62 bits per heavy atom. The number of ketones is 1. The predicted molar refractivity (Wildman–Crippen MR) is 86.1 cm³/mol. The fourth-order valence-corrected chi connectivity index (χ4v) is 2.59. The van der Waals surface area contributed by atoms with E-state index in [1.54, 1.807) is 18.2 Å². The maximum absolute atomic E-state index is 12.3. The molecule has 0 saturated heterocycles. The summed E-state index contributed by atoms with van der Waals surface area (Å²) >= 11 is 0. The minimum absolute atomic E-state index is 0.0703. The fourth-order valence-electron chi connectivity index (χ4n) is 2.59. The fraction of sp³-hybridized carbons (Fsp3) is 0.105. The third-order valence-corrected chi connectivity index (χ3v) is 3.67. The average molecular weight is 330 g/mol. The van der Waals surface area contributed by atoms with E-state index in [1.807, 2.05) is 30.3 Å². The number of hydrogen-bond donors (Lipinski definition) is 0. The van der Waals surface area contributed by atoms with Crippen molar-refractivity contribution in [3.05, 3.63) is 66.2 Å². The third-order valence-electron chi connectivity index (χ3n) is 3.67. The maximum Gasteiger partial charge on any atom is 0.573 e. The number of benzene rings is 3. The Bertz CT molecular complexity index is 897. The Morgan fingerprint density at radius 1 is 0.958 bits per heavy atom. The van der Waals surface area contributed by atoms with Gasteiger partial charge in [-0.05, 0) is 53.1 Å². The summed E-state index contributed by atoms with van der Waals surface area (Å²) < 4.78 is 40.7. The van der Waals surface area contributed by atoms with Crippen molar-refractivity contribution in [1.29, 1.82) is 0 Å². The molecule has 0 aromatic heterocycles. The molecule has 0 bridgehead atoms. The molecular formula is C19H13F3O2. The largest absolute Gasteiger partial charge is 0.573 e. The van der Waals surface area contributed by atoms with Crippen LogP contribution in [0.15, 0.2) is 60.7 Å². The summed E-state index contributed by atoms with van der Waals surface area (Å²) in [6, 6.07) is 16.7. The van der Waals surface area contributed by atoms with Gasteiger partial charge >= 0.3 is 6.36 Å². The number of fused-ring (bicyclic) bond motifs is 1. The van der Waals surface area contributed by atoms with E-state index < -0.39 is 6.36 Å². The topological polar surface area (TPSA) is 26.3 Å². The first-order valence-corrected chi connectivity index (χ1v) is 7.23. The van der Waals surface area contributed by atoms with Crippen LogP contribution < -0.4 is 4.74 Å². The summed E-state index contributed by atoms with van der Waals surface area (Å²) in [5, 5.41) is 1.82. The maximum atomic E-state index is 12.3.